The van der Waals surface area contributed by atoms with Crippen molar-refractivity contribution >= 4 is 29.0 Å². The number of primary amides is 1. The first-order valence-electron chi connectivity index (χ1n) is 7.20. The summed E-state index contributed by atoms with van der Waals surface area (Å²) in [6.45, 7) is 4.94. The van der Waals surface area contributed by atoms with Crippen LogP contribution in [0.25, 0.3) is 0 Å². The number of rotatable bonds is 6. The molecule has 6 nitrogen and oxygen atoms in total. The first kappa shape index (κ1) is 17.2. The Morgan fingerprint density at radius 2 is 1.96 bits per heavy atom. The summed E-state index contributed by atoms with van der Waals surface area (Å²) in [5.74, 6) is 0.119. The third-order valence-corrected chi connectivity index (χ3v) is 3.95. The highest BCUT2D eigenvalue weighted by Gasteiger charge is 2.13. The Hall–Kier alpha value is -2.15. The van der Waals surface area contributed by atoms with Gasteiger partial charge in [-0.3, -0.25) is 9.80 Å². The van der Waals surface area contributed by atoms with E-state index in [1.165, 1.54) is 6.20 Å². The van der Waals surface area contributed by atoms with Gasteiger partial charge in [0.2, 0.25) is 5.91 Å². The molecule has 0 saturated carbocycles. The average molecular weight is 334 g/mol. The summed E-state index contributed by atoms with van der Waals surface area (Å²) in [5, 5.41) is 2.55. The highest BCUT2D eigenvalue weighted by Crippen LogP contribution is 2.29. The van der Waals surface area contributed by atoms with Crippen LogP contribution in [0.5, 0.6) is 0 Å². The summed E-state index contributed by atoms with van der Waals surface area (Å²) in [6.07, 6.45) is 1.45. The summed E-state index contributed by atoms with van der Waals surface area (Å²) in [5.41, 5.74) is 17.2. The minimum Gasteiger partial charge on any atom is -0.366 e. The van der Waals surface area contributed by atoms with Gasteiger partial charge in [-0.05, 0) is 49.2 Å². The maximum Gasteiger partial charge on any atom is 0.250 e. The lowest BCUT2D eigenvalue weighted by Crippen LogP contribution is -2.38. The molecule has 0 spiro atoms. The van der Waals surface area contributed by atoms with Crippen molar-refractivity contribution in [2.75, 3.05) is 18.1 Å². The number of hydrogen-bond acceptors (Lipinski definition) is 5. The molecule has 5 N–H and O–H groups in total. The molecule has 0 aliphatic carbocycles. The molecule has 1 amide bonds. The predicted octanol–water partition coefficient (Wildman–Crippen LogP) is 2.05. The molecule has 2 rings (SSSR count). The number of hydrogen-bond donors (Lipinski definition) is 3. The van der Waals surface area contributed by atoms with Gasteiger partial charge < -0.3 is 11.5 Å². The van der Waals surface area contributed by atoms with E-state index in [9.17, 15) is 4.79 Å². The second kappa shape index (κ2) is 7.41. The van der Waals surface area contributed by atoms with Crippen molar-refractivity contribution in [3.05, 3.63) is 52.2 Å². The fourth-order valence-electron chi connectivity index (χ4n) is 2.20. The molecule has 1 aromatic carbocycles. The van der Waals surface area contributed by atoms with E-state index >= 15 is 0 Å². The summed E-state index contributed by atoms with van der Waals surface area (Å²) < 4.78 is 0. The van der Waals surface area contributed by atoms with Crippen molar-refractivity contribution in [1.82, 2.24) is 10.4 Å². The molecule has 23 heavy (non-hydrogen) atoms. The number of aromatic nitrogens is 1. The van der Waals surface area contributed by atoms with Gasteiger partial charge in [-0.1, -0.05) is 11.6 Å². The second-order valence-electron chi connectivity index (χ2n) is 5.20. The van der Waals surface area contributed by atoms with Gasteiger partial charge in [-0.25, -0.2) is 10.4 Å². The van der Waals surface area contributed by atoms with Crippen molar-refractivity contribution in [2.24, 2.45) is 11.5 Å². The van der Waals surface area contributed by atoms with Crippen LogP contribution in [-0.2, 0) is 0 Å². The lowest BCUT2D eigenvalue weighted by Gasteiger charge is -2.25. The number of halogens is 1. The Morgan fingerprint density at radius 3 is 2.43 bits per heavy atom. The van der Waals surface area contributed by atoms with Crippen molar-refractivity contribution in [2.45, 2.75) is 13.8 Å². The Balaban J connectivity index is 2.42. The van der Waals surface area contributed by atoms with E-state index in [-0.39, 0.29) is 0 Å². The van der Waals surface area contributed by atoms with Gasteiger partial charge in [-0.15, -0.1) is 0 Å². The van der Waals surface area contributed by atoms with E-state index in [4.69, 9.17) is 23.1 Å². The van der Waals surface area contributed by atoms with E-state index in [1.54, 1.807) is 12.1 Å². The zero-order valence-corrected chi connectivity index (χ0v) is 13.9. The van der Waals surface area contributed by atoms with Gasteiger partial charge in [0.25, 0.3) is 0 Å². The van der Waals surface area contributed by atoms with E-state index in [1.807, 2.05) is 31.0 Å². The second-order valence-corrected chi connectivity index (χ2v) is 5.57. The molecule has 0 aliphatic rings. The largest absolute Gasteiger partial charge is 0.366 e. The monoisotopic (exact) mass is 333 g/mol. The molecule has 1 aromatic heterocycles. The number of carbonyl (C=O) groups is 1. The summed E-state index contributed by atoms with van der Waals surface area (Å²) in [7, 11) is 0. The standard InChI is InChI=1S/C16H20ClN5O/c1-10-7-13(8-11(2)15(10)17)22(21-6-5-18)14-4-3-12(9-20-14)16(19)23/h3-4,7-9,21H,5-6,18H2,1-2H3,(H2,19,23). The summed E-state index contributed by atoms with van der Waals surface area (Å²) in [4.78, 5) is 15.5. The molecule has 0 fully saturated rings. The maximum absolute atomic E-state index is 11.2. The van der Waals surface area contributed by atoms with Crippen molar-refractivity contribution in [3.63, 3.8) is 0 Å². The van der Waals surface area contributed by atoms with Crippen LogP contribution in [0.1, 0.15) is 21.5 Å². The lowest BCUT2D eigenvalue weighted by atomic mass is 10.1. The van der Waals surface area contributed by atoms with Gasteiger partial charge in [0.15, 0.2) is 0 Å². The smallest absolute Gasteiger partial charge is 0.250 e. The third kappa shape index (κ3) is 3.98. The number of carbonyl (C=O) groups excluding carboxylic acids is 1. The van der Waals surface area contributed by atoms with Crippen molar-refractivity contribution in [1.29, 1.82) is 0 Å². The van der Waals surface area contributed by atoms with Crippen molar-refractivity contribution < 1.29 is 4.79 Å². The van der Waals surface area contributed by atoms with Gasteiger partial charge in [0.05, 0.1) is 11.3 Å². The fourth-order valence-corrected chi connectivity index (χ4v) is 2.31. The number of benzene rings is 1. The lowest BCUT2D eigenvalue weighted by molar-refractivity contribution is 0.1000. The maximum atomic E-state index is 11.2. The fraction of sp³-hybridized carbons (Fsp3) is 0.250. The average Bonchev–Trinajstić information content (AvgIpc) is 2.53. The quantitative estimate of drug-likeness (QED) is 0.703. The number of nitrogens with two attached hydrogens (primary N) is 2. The Labute approximate surface area is 140 Å². The van der Waals surface area contributed by atoms with Crippen molar-refractivity contribution in [3.8, 4) is 0 Å². The number of pyridine rings is 1. The van der Waals surface area contributed by atoms with E-state index in [0.717, 1.165) is 21.8 Å². The molecule has 0 bridgehead atoms. The van der Waals surface area contributed by atoms with Crippen LogP contribution in [0.15, 0.2) is 30.5 Å². The van der Waals surface area contributed by atoms with Gasteiger partial charge in [-0.2, -0.15) is 0 Å². The minimum atomic E-state index is -0.510. The minimum absolute atomic E-state index is 0.357. The zero-order valence-electron chi connectivity index (χ0n) is 13.1. The number of anilines is 2. The van der Waals surface area contributed by atoms with Crippen LogP contribution in [0.2, 0.25) is 5.02 Å². The number of hydrazine groups is 1. The number of aryl methyl sites for hydroxylation is 2. The molecule has 0 saturated heterocycles. The van der Waals surface area contributed by atoms with E-state index in [2.05, 4.69) is 10.4 Å². The van der Waals surface area contributed by atoms with E-state index in [0.29, 0.717) is 24.5 Å². The van der Waals surface area contributed by atoms with E-state index < -0.39 is 5.91 Å². The van der Waals surface area contributed by atoms with Gasteiger partial charge >= 0.3 is 0 Å². The van der Waals surface area contributed by atoms with Gasteiger partial charge in [0.1, 0.15) is 5.82 Å². The Bertz CT molecular complexity index is 679. The first-order chi connectivity index (χ1) is 10.9. The number of nitrogens with zero attached hydrogens (tertiary/aromatic N) is 2. The van der Waals surface area contributed by atoms with Crippen LogP contribution in [0.3, 0.4) is 0 Å². The summed E-state index contributed by atoms with van der Waals surface area (Å²) >= 11 is 6.23. The highest BCUT2D eigenvalue weighted by molar-refractivity contribution is 6.32. The Morgan fingerprint density at radius 1 is 1.30 bits per heavy atom. The normalized spacial score (nSPS) is 10.6. The highest BCUT2D eigenvalue weighted by atomic mass is 35.5. The molecule has 2 aromatic rings. The molecule has 7 heteroatoms. The van der Waals surface area contributed by atoms with Crippen LogP contribution in [-0.4, -0.2) is 24.0 Å². The number of amides is 1. The molecule has 0 aliphatic heterocycles. The van der Waals surface area contributed by atoms with Crippen LogP contribution in [0.4, 0.5) is 11.5 Å². The molecular weight excluding hydrogens is 314 g/mol. The molecule has 0 atom stereocenters. The SMILES string of the molecule is Cc1cc(N(NCCN)c2ccc(C(N)=O)cn2)cc(C)c1Cl. The molecular formula is C16H20ClN5O. The summed E-state index contributed by atoms with van der Waals surface area (Å²) in [6, 6.07) is 7.28. The van der Waals surface area contributed by atoms with Gasteiger partial charge in [0, 0.05) is 24.3 Å². The number of nitrogens with one attached hydrogen (secondary N) is 1. The third-order valence-electron chi connectivity index (χ3n) is 3.36. The first-order valence-corrected chi connectivity index (χ1v) is 7.58. The molecule has 0 radical (unpaired) electrons. The molecule has 122 valence electrons. The van der Waals surface area contributed by atoms with Crippen LogP contribution < -0.4 is 21.9 Å². The molecule has 0 unspecified atom stereocenters. The predicted molar refractivity (Wildman–Crippen MR) is 92.9 cm³/mol. The zero-order chi connectivity index (χ0) is 17.0. The topological polar surface area (TPSA) is 97.3 Å². The molecule has 1 heterocycles. The van der Waals surface area contributed by atoms with Crippen LogP contribution in [0, 0.1) is 13.8 Å². The van der Waals surface area contributed by atoms with Crippen LogP contribution >= 0.6 is 11.6 Å². The Kier molecular flexibility index (Phi) is 5.54.